The number of benzene rings is 3. The molecule has 1 aliphatic rings. The van der Waals surface area contributed by atoms with E-state index in [1.807, 2.05) is 36.4 Å². The van der Waals surface area contributed by atoms with Crippen LogP contribution in [0.15, 0.2) is 87.5 Å². The largest absolute Gasteiger partial charge is 0.468 e. The van der Waals surface area contributed by atoms with E-state index in [0.29, 0.717) is 0 Å². The predicted molar refractivity (Wildman–Crippen MR) is 94.1 cm³/mol. The highest BCUT2D eigenvalue weighted by Gasteiger charge is 2.38. The number of ether oxygens (including phenoxy) is 3. The molecule has 0 saturated heterocycles. The van der Waals surface area contributed by atoms with Crippen LogP contribution in [0.3, 0.4) is 0 Å². The Morgan fingerprint density at radius 1 is 0.792 bits per heavy atom. The first-order chi connectivity index (χ1) is 11.9. The Labute approximate surface area is 144 Å². The number of methoxy groups -OCH3 is 1. The topological polar surface area (TPSA) is 27.7 Å². The molecule has 0 amide bonds. The van der Waals surface area contributed by atoms with Gasteiger partial charge in [0.2, 0.25) is 9.79 Å². The molecular formula is C20H17O3S+. The van der Waals surface area contributed by atoms with Gasteiger partial charge in [-0.25, -0.2) is 0 Å². The first-order valence-corrected chi connectivity index (χ1v) is 8.91. The molecule has 1 heterocycles. The molecule has 3 nitrogen and oxygen atoms in total. The van der Waals surface area contributed by atoms with Gasteiger partial charge in [-0.15, -0.1) is 0 Å². The van der Waals surface area contributed by atoms with E-state index in [1.54, 1.807) is 7.11 Å². The Morgan fingerprint density at radius 3 is 1.96 bits per heavy atom. The third-order valence-electron chi connectivity index (χ3n) is 3.76. The molecule has 120 valence electrons. The Morgan fingerprint density at radius 2 is 1.38 bits per heavy atom. The summed E-state index contributed by atoms with van der Waals surface area (Å²) in [6, 6.07) is 24.7. The third kappa shape index (κ3) is 2.75. The highest BCUT2D eigenvalue weighted by Crippen LogP contribution is 2.46. The van der Waals surface area contributed by atoms with Gasteiger partial charge in [-0.2, -0.15) is 0 Å². The number of rotatable bonds is 4. The van der Waals surface area contributed by atoms with Gasteiger partial charge in [0.25, 0.3) is 0 Å². The summed E-state index contributed by atoms with van der Waals surface area (Å²) in [5, 5.41) is 0. The Kier molecular flexibility index (Phi) is 4.15. The van der Waals surface area contributed by atoms with E-state index in [2.05, 4.69) is 36.4 Å². The van der Waals surface area contributed by atoms with Crippen molar-refractivity contribution in [3.05, 3.63) is 72.8 Å². The Balaban J connectivity index is 1.77. The molecule has 4 heteroatoms. The lowest BCUT2D eigenvalue weighted by atomic mass is 10.3. The molecule has 0 bridgehead atoms. The summed E-state index contributed by atoms with van der Waals surface area (Å²) in [6.07, 6.45) is 0. The van der Waals surface area contributed by atoms with Gasteiger partial charge < -0.3 is 14.2 Å². The lowest BCUT2D eigenvalue weighted by Crippen LogP contribution is -2.12. The van der Waals surface area contributed by atoms with Gasteiger partial charge in [-0.1, -0.05) is 24.3 Å². The summed E-state index contributed by atoms with van der Waals surface area (Å²) in [5.41, 5.74) is 0. The molecule has 0 fully saturated rings. The van der Waals surface area contributed by atoms with Crippen LogP contribution in [0.1, 0.15) is 0 Å². The molecule has 3 aromatic carbocycles. The minimum absolute atomic E-state index is 0.184. The quantitative estimate of drug-likeness (QED) is 0.393. The first kappa shape index (κ1) is 15.1. The van der Waals surface area contributed by atoms with Gasteiger partial charge >= 0.3 is 0 Å². The van der Waals surface area contributed by atoms with Crippen molar-refractivity contribution in [1.29, 1.82) is 0 Å². The Bertz CT molecular complexity index is 800. The van der Waals surface area contributed by atoms with Gasteiger partial charge in [-0.05, 0) is 48.5 Å². The molecule has 0 unspecified atom stereocenters. The van der Waals surface area contributed by atoms with Crippen LogP contribution in [0, 0.1) is 0 Å². The fraction of sp³-hybridized carbons (Fsp3) is 0.100. The van der Waals surface area contributed by atoms with Crippen LogP contribution < -0.4 is 9.47 Å². The molecule has 0 saturated carbocycles. The maximum atomic E-state index is 6.07. The van der Waals surface area contributed by atoms with Gasteiger partial charge in [-0.3, -0.25) is 0 Å². The van der Waals surface area contributed by atoms with Gasteiger partial charge in [0.15, 0.2) is 23.2 Å². The van der Waals surface area contributed by atoms with Gasteiger partial charge in [0.1, 0.15) is 16.6 Å². The lowest BCUT2D eigenvalue weighted by Gasteiger charge is -2.19. The average Bonchev–Trinajstić information content (AvgIpc) is 2.65. The van der Waals surface area contributed by atoms with E-state index in [4.69, 9.17) is 14.2 Å². The maximum absolute atomic E-state index is 6.07. The van der Waals surface area contributed by atoms with E-state index >= 15 is 0 Å². The van der Waals surface area contributed by atoms with Crippen molar-refractivity contribution in [2.24, 2.45) is 0 Å². The molecule has 3 aromatic rings. The highest BCUT2D eigenvalue weighted by atomic mass is 32.2. The third-order valence-corrected chi connectivity index (χ3v) is 6.06. The molecule has 4 rings (SSSR count). The monoisotopic (exact) mass is 337 g/mol. The van der Waals surface area contributed by atoms with Crippen molar-refractivity contribution in [1.82, 2.24) is 0 Å². The lowest BCUT2D eigenvalue weighted by molar-refractivity contribution is 0.0511. The second-order valence-corrected chi connectivity index (χ2v) is 7.29. The normalized spacial score (nSPS) is 12.9. The SMILES string of the molecule is COCOc1ccc([S+]2c3ccccc3Oc3ccccc32)cc1. The summed E-state index contributed by atoms with van der Waals surface area (Å²) >= 11 is 0. The number of para-hydroxylation sites is 2. The summed E-state index contributed by atoms with van der Waals surface area (Å²) < 4.78 is 16.5. The van der Waals surface area contributed by atoms with Crippen LogP contribution in [-0.4, -0.2) is 13.9 Å². The standard InChI is InChI=1S/C20H17O3S/c1-21-14-22-15-10-12-16(13-11-15)24-19-8-4-2-6-17(19)23-18-7-3-5-9-20(18)24/h2-13H,14H2,1H3/q+1. The summed E-state index contributed by atoms with van der Waals surface area (Å²) in [7, 11) is 1.43. The first-order valence-electron chi connectivity index (χ1n) is 7.69. The summed E-state index contributed by atoms with van der Waals surface area (Å²) in [4.78, 5) is 3.66. The van der Waals surface area contributed by atoms with Gasteiger partial charge in [0.05, 0.1) is 0 Å². The second kappa shape index (κ2) is 6.59. The summed E-state index contributed by atoms with van der Waals surface area (Å²) in [6.45, 7) is 0.255. The smallest absolute Gasteiger partial charge is 0.209 e. The molecular weight excluding hydrogens is 320 g/mol. The maximum Gasteiger partial charge on any atom is 0.209 e. The van der Waals surface area contributed by atoms with E-state index in [0.717, 1.165) is 17.2 Å². The molecule has 0 radical (unpaired) electrons. The molecule has 0 N–H and O–H groups in total. The van der Waals surface area contributed by atoms with Crippen LogP contribution in [0.4, 0.5) is 0 Å². The molecule has 0 aliphatic carbocycles. The fourth-order valence-electron chi connectivity index (χ4n) is 2.70. The van der Waals surface area contributed by atoms with Crippen LogP contribution in [0.5, 0.6) is 17.2 Å². The highest BCUT2D eigenvalue weighted by molar-refractivity contribution is 7.97. The number of fused-ring (bicyclic) bond motifs is 2. The number of hydrogen-bond acceptors (Lipinski definition) is 3. The van der Waals surface area contributed by atoms with Crippen molar-refractivity contribution in [3.8, 4) is 17.2 Å². The zero-order valence-electron chi connectivity index (χ0n) is 13.3. The van der Waals surface area contributed by atoms with Crippen molar-refractivity contribution in [2.75, 3.05) is 13.9 Å². The van der Waals surface area contributed by atoms with Crippen LogP contribution >= 0.6 is 0 Å². The minimum atomic E-state index is -0.184. The van der Waals surface area contributed by atoms with E-state index < -0.39 is 0 Å². The molecule has 24 heavy (non-hydrogen) atoms. The van der Waals surface area contributed by atoms with E-state index in [9.17, 15) is 0 Å². The van der Waals surface area contributed by atoms with E-state index in [-0.39, 0.29) is 17.7 Å². The molecule has 0 aromatic heterocycles. The zero-order chi connectivity index (χ0) is 16.4. The molecule has 0 atom stereocenters. The minimum Gasteiger partial charge on any atom is -0.468 e. The van der Waals surface area contributed by atoms with Crippen molar-refractivity contribution in [3.63, 3.8) is 0 Å². The fourth-order valence-corrected chi connectivity index (χ4v) is 4.90. The molecule has 1 aliphatic heterocycles. The van der Waals surface area contributed by atoms with Crippen LogP contribution in [0.2, 0.25) is 0 Å². The Hall–Kier alpha value is -2.43. The average molecular weight is 337 g/mol. The van der Waals surface area contributed by atoms with Crippen molar-refractivity contribution in [2.45, 2.75) is 14.7 Å². The van der Waals surface area contributed by atoms with Crippen molar-refractivity contribution >= 4 is 10.9 Å². The van der Waals surface area contributed by atoms with Crippen LogP contribution in [0.25, 0.3) is 0 Å². The summed E-state index contributed by atoms with van der Waals surface area (Å²) in [5.74, 6) is 2.66. The van der Waals surface area contributed by atoms with E-state index in [1.165, 1.54) is 14.7 Å². The van der Waals surface area contributed by atoms with Crippen molar-refractivity contribution < 1.29 is 14.2 Å². The van der Waals surface area contributed by atoms with Crippen LogP contribution in [-0.2, 0) is 15.6 Å². The molecule has 0 spiro atoms. The van der Waals surface area contributed by atoms with Gasteiger partial charge in [0, 0.05) is 7.11 Å². The second-order valence-electron chi connectivity index (χ2n) is 5.32. The number of hydrogen-bond donors (Lipinski definition) is 0. The zero-order valence-corrected chi connectivity index (χ0v) is 14.1. The predicted octanol–water partition coefficient (Wildman–Crippen LogP) is 4.87.